The molecule has 14 nitrogen and oxygen atoms in total. The molecule has 6 rings (SSSR count). The Morgan fingerprint density at radius 3 is 1.48 bits per heavy atom. The van der Waals surface area contributed by atoms with E-state index < -0.39 is 5.97 Å². The van der Waals surface area contributed by atoms with Crippen LogP contribution in [0.15, 0.2) is 117 Å². The maximum absolute atomic E-state index is 11.4. The van der Waals surface area contributed by atoms with Crippen LogP contribution in [0.1, 0.15) is 43.4 Å². The van der Waals surface area contributed by atoms with Gasteiger partial charge in [0.2, 0.25) is 17.6 Å². The van der Waals surface area contributed by atoms with Crippen LogP contribution in [-0.4, -0.2) is 63.0 Å². The van der Waals surface area contributed by atoms with Gasteiger partial charge in [0, 0.05) is 25.2 Å². The molecule has 0 saturated heterocycles. The molecular formula is C40H39N7O7. The summed E-state index contributed by atoms with van der Waals surface area (Å²) in [6.45, 7) is 9.72. The number of carbonyl (C=O) groups is 2. The van der Waals surface area contributed by atoms with E-state index in [1.165, 1.54) is 43.8 Å². The lowest BCUT2D eigenvalue weighted by Gasteiger charge is -2.07. The van der Waals surface area contributed by atoms with E-state index in [2.05, 4.69) is 46.5 Å². The molecule has 3 aromatic heterocycles. The van der Waals surface area contributed by atoms with Gasteiger partial charge in [-0.05, 0) is 62.7 Å². The van der Waals surface area contributed by atoms with Gasteiger partial charge in [-0.15, -0.1) is 0 Å². The fraction of sp³-hybridized carbons (Fsp3) is 0.150. The third-order valence-electron chi connectivity index (χ3n) is 7.01. The zero-order valence-electron chi connectivity index (χ0n) is 30.6. The minimum absolute atomic E-state index is 0.162. The molecule has 0 aliphatic rings. The average molecular weight is 730 g/mol. The average Bonchev–Trinajstić information content (AvgIpc) is 3.19. The van der Waals surface area contributed by atoms with E-state index in [0.717, 1.165) is 16.9 Å². The molecule has 0 bridgehead atoms. The van der Waals surface area contributed by atoms with Crippen LogP contribution in [0.5, 0.6) is 34.9 Å². The van der Waals surface area contributed by atoms with Gasteiger partial charge in [0.15, 0.2) is 5.69 Å². The zero-order valence-corrected chi connectivity index (χ0v) is 30.6. The van der Waals surface area contributed by atoms with Gasteiger partial charge < -0.3 is 29.0 Å². The molecule has 14 heteroatoms. The van der Waals surface area contributed by atoms with Gasteiger partial charge in [-0.2, -0.15) is 0 Å². The van der Waals surface area contributed by atoms with Crippen molar-refractivity contribution in [2.45, 2.75) is 20.8 Å². The lowest BCUT2D eigenvalue weighted by Crippen LogP contribution is -2.19. The summed E-state index contributed by atoms with van der Waals surface area (Å²) in [5.74, 6) is 2.84. The Morgan fingerprint density at radius 2 is 1.00 bits per heavy atom. The number of rotatable bonds is 10. The highest BCUT2D eigenvalue weighted by atomic mass is 16.5. The first kappa shape index (κ1) is 39.6. The number of aryl methyl sites for hydroxylation is 3. The van der Waals surface area contributed by atoms with Gasteiger partial charge in [0.25, 0.3) is 5.91 Å². The first-order chi connectivity index (χ1) is 26.1. The van der Waals surface area contributed by atoms with Gasteiger partial charge >= 0.3 is 5.97 Å². The third-order valence-corrected chi connectivity index (χ3v) is 7.01. The second-order valence-electron chi connectivity index (χ2n) is 11.2. The van der Waals surface area contributed by atoms with E-state index in [-0.39, 0.29) is 17.3 Å². The quantitative estimate of drug-likeness (QED) is 0.109. The van der Waals surface area contributed by atoms with E-state index in [1.807, 2.05) is 93.6 Å². The molecule has 54 heavy (non-hydrogen) atoms. The maximum Gasteiger partial charge on any atom is 0.356 e. The van der Waals surface area contributed by atoms with Gasteiger partial charge in [0.1, 0.15) is 53.4 Å². The van der Waals surface area contributed by atoms with Gasteiger partial charge in [0.05, 0.1) is 14.2 Å². The summed E-state index contributed by atoms with van der Waals surface area (Å²) in [5.41, 5.74) is 4.45. The molecule has 0 radical (unpaired) electrons. The molecule has 276 valence electrons. The minimum atomic E-state index is -0.522. The fourth-order valence-corrected chi connectivity index (χ4v) is 4.17. The number of nitrogens with zero attached hydrogens (tertiary/aromatic N) is 6. The van der Waals surface area contributed by atoms with E-state index in [1.54, 1.807) is 20.2 Å². The summed E-state index contributed by atoms with van der Waals surface area (Å²) in [6, 6.07) is 27.5. The van der Waals surface area contributed by atoms with Gasteiger partial charge in [-0.1, -0.05) is 54.1 Å². The van der Waals surface area contributed by atoms with E-state index in [4.69, 9.17) is 18.9 Å². The fourth-order valence-electron chi connectivity index (χ4n) is 4.17. The Hall–Kier alpha value is -7.22. The van der Waals surface area contributed by atoms with E-state index in [0.29, 0.717) is 40.6 Å². The number of ether oxygens (including phenoxy) is 5. The summed E-state index contributed by atoms with van der Waals surface area (Å²) in [6.07, 6.45) is 3.98. The normalized spacial score (nSPS) is 9.89. The topological polar surface area (TPSA) is 170 Å². The van der Waals surface area contributed by atoms with Crippen molar-refractivity contribution < 1.29 is 33.3 Å². The molecule has 3 aromatic carbocycles. The van der Waals surface area contributed by atoms with Crippen LogP contribution in [0.4, 0.5) is 0 Å². The highest BCUT2D eigenvalue weighted by molar-refractivity contribution is 5.92. The van der Waals surface area contributed by atoms with Crippen molar-refractivity contribution in [3.8, 4) is 34.9 Å². The third kappa shape index (κ3) is 12.5. The number of esters is 1. The number of benzene rings is 3. The molecule has 0 saturated carbocycles. The molecule has 1 amide bonds. The molecule has 6 aromatic rings. The van der Waals surface area contributed by atoms with Crippen molar-refractivity contribution in [2.24, 2.45) is 0 Å². The number of hydrogen-bond donors (Lipinski definition) is 1. The summed E-state index contributed by atoms with van der Waals surface area (Å²) in [4.78, 5) is 46.4. The predicted octanol–water partition coefficient (Wildman–Crippen LogP) is 7.50. The Kier molecular flexibility index (Phi) is 14.6. The Morgan fingerprint density at radius 1 is 0.537 bits per heavy atom. The zero-order chi connectivity index (χ0) is 38.9. The Labute approximate surface area is 312 Å². The molecule has 0 atom stereocenters. The lowest BCUT2D eigenvalue weighted by atomic mass is 10.2. The summed E-state index contributed by atoms with van der Waals surface area (Å²) < 4.78 is 26.3. The van der Waals surface area contributed by atoms with Crippen LogP contribution >= 0.6 is 0 Å². The minimum Gasteiger partial charge on any atom is -0.495 e. The van der Waals surface area contributed by atoms with Crippen LogP contribution < -0.4 is 19.5 Å². The first-order valence-corrected chi connectivity index (χ1v) is 16.3. The SMILES string of the molecule is C=C(OC)c1cc(Oc2ccc(C)cc2)ncn1.CNC(=O)c1cc(Oc2ccc(C)cc2)ncn1.COC(=O)c1cc(Oc2cccc(C)c2)ncn1. The molecule has 0 fully saturated rings. The smallest absolute Gasteiger partial charge is 0.356 e. The van der Waals surface area contributed by atoms with Crippen LogP contribution in [0.2, 0.25) is 0 Å². The van der Waals surface area contributed by atoms with E-state index in [9.17, 15) is 9.59 Å². The maximum atomic E-state index is 11.4. The van der Waals surface area contributed by atoms with Crippen LogP contribution in [0, 0.1) is 20.8 Å². The van der Waals surface area contributed by atoms with Crippen LogP contribution in [-0.2, 0) is 9.47 Å². The number of methoxy groups -OCH3 is 2. The van der Waals surface area contributed by atoms with Crippen molar-refractivity contribution in [3.63, 3.8) is 0 Å². The van der Waals surface area contributed by atoms with Crippen molar-refractivity contribution in [2.75, 3.05) is 21.3 Å². The summed E-state index contributed by atoms with van der Waals surface area (Å²) in [7, 11) is 4.39. The second-order valence-corrected chi connectivity index (χ2v) is 11.2. The molecule has 0 unspecified atom stereocenters. The predicted molar refractivity (Wildman–Crippen MR) is 201 cm³/mol. The first-order valence-electron chi connectivity index (χ1n) is 16.3. The van der Waals surface area contributed by atoms with Gasteiger partial charge in [-0.25, -0.2) is 34.7 Å². The van der Waals surface area contributed by atoms with E-state index >= 15 is 0 Å². The lowest BCUT2D eigenvalue weighted by molar-refractivity contribution is 0.0593. The number of nitrogens with one attached hydrogen (secondary N) is 1. The van der Waals surface area contributed by atoms with Crippen molar-refractivity contribution in [1.82, 2.24) is 35.2 Å². The molecule has 0 aliphatic heterocycles. The van der Waals surface area contributed by atoms with Crippen molar-refractivity contribution in [1.29, 1.82) is 0 Å². The highest BCUT2D eigenvalue weighted by Gasteiger charge is 2.10. The molecular weight excluding hydrogens is 690 g/mol. The second kappa shape index (κ2) is 20.0. The monoisotopic (exact) mass is 729 g/mol. The molecule has 0 aliphatic carbocycles. The summed E-state index contributed by atoms with van der Waals surface area (Å²) in [5, 5.41) is 2.50. The molecule has 1 N–H and O–H groups in total. The number of aromatic nitrogens is 6. The summed E-state index contributed by atoms with van der Waals surface area (Å²) >= 11 is 0. The van der Waals surface area contributed by atoms with Crippen LogP contribution in [0.3, 0.4) is 0 Å². The number of amides is 1. The number of hydrogen-bond acceptors (Lipinski definition) is 13. The van der Waals surface area contributed by atoms with Gasteiger partial charge in [-0.3, -0.25) is 4.79 Å². The molecule has 3 heterocycles. The molecule has 0 spiro atoms. The van der Waals surface area contributed by atoms with Crippen molar-refractivity contribution in [3.05, 3.63) is 150 Å². The highest BCUT2D eigenvalue weighted by Crippen LogP contribution is 2.23. The Bertz CT molecular complexity index is 2060. The standard InChI is InChI=1S/C14H14N2O2.C13H13N3O2.C13H12N2O3/c1-10-4-6-12(7-5-10)18-14-8-13(11(2)17-3)15-9-16-14;1-9-3-5-10(6-4-9)18-12-7-11(13(17)14-2)15-8-16-12;1-9-4-3-5-10(6-9)18-12-7-11(13(16)17-2)14-8-15-12/h4-9H,2H2,1,3H3;3-8H,1-2H3,(H,14,17);3-8H,1-2H3. The van der Waals surface area contributed by atoms with Crippen molar-refractivity contribution >= 4 is 17.6 Å². The largest absolute Gasteiger partial charge is 0.495 e. The Balaban J connectivity index is 0.000000180. The number of carbonyl (C=O) groups excluding carboxylic acids is 2. The van der Waals surface area contributed by atoms with Crippen LogP contribution in [0.25, 0.3) is 5.76 Å².